The van der Waals surface area contributed by atoms with Crippen molar-refractivity contribution >= 4 is 16.5 Å². The Kier molecular flexibility index (Phi) is 5.56. The predicted molar refractivity (Wildman–Crippen MR) is 78.3 cm³/mol. The molecule has 4 nitrogen and oxygen atoms in total. The molecule has 18 heavy (non-hydrogen) atoms. The van der Waals surface area contributed by atoms with E-state index in [1.54, 1.807) is 18.4 Å². The monoisotopic (exact) mass is 271 g/mol. The summed E-state index contributed by atoms with van der Waals surface area (Å²) < 4.78 is 5.21. The Hall–Kier alpha value is -0.650. The van der Waals surface area contributed by atoms with Crippen molar-refractivity contribution in [3.8, 4) is 0 Å². The molecular weight excluding hydrogens is 246 g/mol. The summed E-state index contributed by atoms with van der Waals surface area (Å²) in [6.07, 6.45) is 0. The third-order valence-corrected chi connectivity index (χ3v) is 3.64. The van der Waals surface area contributed by atoms with Gasteiger partial charge in [0.1, 0.15) is 0 Å². The van der Waals surface area contributed by atoms with Crippen LogP contribution in [0.2, 0.25) is 0 Å². The second-order valence-electron chi connectivity index (χ2n) is 5.75. The number of anilines is 1. The minimum Gasteiger partial charge on any atom is -0.378 e. The van der Waals surface area contributed by atoms with Gasteiger partial charge in [-0.05, 0) is 12.5 Å². The fraction of sp³-hybridized carbons (Fsp3) is 0.769. The summed E-state index contributed by atoms with van der Waals surface area (Å²) in [5, 5.41) is 4.25. The molecule has 1 aromatic heterocycles. The lowest BCUT2D eigenvalue weighted by Gasteiger charge is -2.26. The maximum Gasteiger partial charge on any atom is 0.185 e. The molecule has 1 aromatic rings. The van der Waals surface area contributed by atoms with Crippen LogP contribution in [0.4, 0.5) is 5.13 Å². The average molecular weight is 271 g/mol. The molecule has 0 amide bonds. The number of hydrogen-bond donors (Lipinski definition) is 1. The van der Waals surface area contributed by atoms with Crippen molar-refractivity contribution < 1.29 is 4.74 Å². The van der Waals surface area contributed by atoms with Crippen LogP contribution in [0.15, 0.2) is 0 Å². The Balaban J connectivity index is 2.85. The molecule has 5 heteroatoms. The van der Waals surface area contributed by atoms with E-state index < -0.39 is 0 Å². The largest absolute Gasteiger partial charge is 0.378 e. The minimum absolute atomic E-state index is 0.269. The SMILES string of the molecule is CNCc1sc(N(C)CC(C)(C)C)nc1COC. The molecule has 0 aliphatic carbocycles. The highest BCUT2D eigenvalue weighted by Crippen LogP contribution is 2.28. The lowest BCUT2D eigenvalue weighted by Crippen LogP contribution is -2.28. The Morgan fingerprint density at radius 1 is 1.39 bits per heavy atom. The number of nitrogens with one attached hydrogen (secondary N) is 1. The van der Waals surface area contributed by atoms with Crippen molar-refractivity contribution in [2.75, 3.05) is 32.6 Å². The highest BCUT2D eigenvalue weighted by Gasteiger charge is 2.18. The van der Waals surface area contributed by atoms with Crippen LogP contribution in [0.1, 0.15) is 31.3 Å². The summed E-state index contributed by atoms with van der Waals surface area (Å²) in [6, 6.07) is 0. The molecule has 0 bridgehead atoms. The van der Waals surface area contributed by atoms with Gasteiger partial charge < -0.3 is 15.0 Å². The molecule has 1 heterocycles. The standard InChI is InChI=1S/C13H25N3OS/c1-13(2,3)9-16(5)12-15-10(8-17-6)11(18-12)7-14-4/h14H,7-9H2,1-6H3. The normalized spacial score (nSPS) is 11.9. The van der Waals surface area contributed by atoms with Gasteiger partial charge in [0, 0.05) is 32.1 Å². The van der Waals surface area contributed by atoms with Gasteiger partial charge >= 0.3 is 0 Å². The number of aromatic nitrogens is 1. The van der Waals surface area contributed by atoms with Crippen molar-refractivity contribution in [2.45, 2.75) is 33.9 Å². The van der Waals surface area contributed by atoms with E-state index in [2.05, 4.69) is 43.0 Å². The van der Waals surface area contributed by atoms with Crippen molar-refractivity contribution in [1.29, 1.82) is 0 Å². The minimum atomic E-state index is 0.269. The summed E-state index contributed by atoms with van der Waals surface area (Å²) in [6.45, 7) is 9.13. The van der Waals surface area contributed by atoms with Gasteiger partial charge in [0.05, 0.1) is 12.3 Å². The van der Waals surface area contributed by atoms with Crippen LogP contribution in [0.3, 0.4) is 0 Å². The van der Waals surface area contributed by atoms with Gasteiger partial charge in [0.25, 0.3) is 0 Å². The summed E-state index contributed by atoms with van der Waals surface area (Å²) >= 11 is 1.75. The number of hydrogen-bond acceptors (Lipinski definition) is 5. The summed E-state index contributed by atoms with van der Waals surface area (Å²) in [5.41, 5.74) is 1.32. The van der Waals surface area contributed by atoms with E-state index in [1.165, 1.54) is 4.88 Å². The van der Waals surface area contributed by atoms with Crippen molar-refractivity contribution in [1.82, 2.24) is 10.3 Å². The van der Waals surface area contributed by atoms with E-state index in [1.807, 2.05) is 7.05 Å². The van der Waals surface area contributed by atoms with Gasteiger partial charge in [-0.3, -0.25) is 0 Å². The fourth-order valence-corrected chi connectivity index (χ4v) is 2.90. The molecule has 104 valence electrons. The third kappa shape index (κ3) is 4.55. The van der Waals surface area contributed by atoms with Crippen LogP contribution in [-0.2, 0) is 17.9 Å². The summed E-state index contributed by atoms with van der Waals surface area (Å²) in [7, 11) is 5.76. The lowest BCUT2D eigenvalue weighted by molar-refractivity contribution is 0.181. The fourth-order valence-electron chi connectivity index (χ4n) is 1.86. The Labute approximate surface area is 114 Å². The molecule has 0 atom stereocenters. The maximum atomic E-state index is 5.21. The maximum absolute atomic E-state index is 5.21. The van der Waals surface area contributed by atoms with Gasteiger partial charge in [-0.1, -0.05) is 20.8 Å². The zero-order chi connectivity index (χ0) is 13.8. The van der Waals surface area contributed by atoms with Crippen LogP contribution < -0.4 is 10.2 Å². The topological polar surface area (TPSA) is 37.4 Å². The lowest BCUT2D eigenvalue weighted by atomic mass is 9.96. The van der Waals surface area contributed by atoms with Gasteiger partial charge in [-0.2, -0.15) is 0 Å². The van der Waals surface area contributed by atoms with Crippen LogP contribution in [0.25, 0.3) is 0 Å². The Morgan fingerprint density at radius 2 is 2.06 bits per heavy atom. The third-order valence-electron chi connectivity index (χ3n) is 2.42. The van der Waals surface area contributed by atoms with Crippen molar-refractivity contribution in [3.63, 3.8) is 0 Å². The van der Waals surface area contributed by atoms with E-state index in [0.29, 0.717) is 6.61 Å². The number of thiazole rings is 1. The molecular formula is C13H25N3OS. The van der Waals surface area contributed by atoms with Gasteiger partial charge in [-0.15, -0.1) is 11.3 Å². The van der Waals surface area contributed by atoms with Crippen LogP contribution in [0, 0.1) is 5.41 Å². The van der Waals surface area contributed by atoms with E-state index in [4.69, 9.17) is 4.74 Å². The van der Waals surface area contributed by atoms with E-state index in [0.717, 1.165) is 23.9 Å². The van der Waals surface area contributed by atoms with Crippen LogP contribution in [-0.4, -0.2) is 32.7 Å². The first-order valence-corrected chi connectivity index (χ1v) is 7.02. The molecule has 0 radical (unpaired) electrons. The molecule has 0 saturated carbocycles. The molecule has 0 unspecified atom stereocenters. The second-order valence-corrected chi connectivity index (χ2v) is 6.81. The number of nitrogens with zero attached hydrogens (tertiary/aromatic N) is 2. The van der Waals surface area contributed by atoms with E-state index in [9.17, 15) is 0 Å². The van der Waals surface area contributed by atoms with Crippen molar-refractivity contribution in [2.24, 2.45) is 5.41 Å². The highest BCUT2D eigenvalue weighted by atomic mass is 32.1. The second kappa shape index (κ2) is 6.50. The highest BCUT2D eigenvalue weighted by molar-refractivity contribution is 7.15. The number of rotatable bonds is 6. The number of ether oxygens (including phenoxy) is 1. The first-order valence-electron chi connectivity index (χ1n) is 6.20. The molecule has 0 fully saturated rings. The van der Waals surface area contributed by atoms with E-state index >= 15 is 0 Å². The smallest absolute Gasteiger partial charge is 0.185 e. The predicted octanol–water partition coefficient (Wildman–Crippen LogP) is 2.49. The molecule has 0 aliphatic rings. The Bertz CT molecular complexity index is 347. The van der Waals surface area contributed by atoms with E-state index in [-0.39, 0.29) is 5.41 Å². The van der Waals surface area contributed by atoms with Gasteiger partial charge in [0.15, 0.2) is 5.13 Å². The zero-order valence-corrected chi connectivity index (χ0v) is 13.1. The summed E-state index contributed by atoms with van der Waals surface area (Å²) in [4.78, 5) is 8.17. The quantitative estimate of drug-likeness (QED) is 0.862. The van der Waals surface area contributed by atoms with Crippen molar-refractivity contribution in [3.05, 3.63) is 10.6 Å². The average Bonchev–Trinajstić information content (AvgIpc) is 2.61. The molecule has 1 rings (SSSR count). The molecule has 0 aromatic carbocycles. The van der Waals surface area contributed by atoms with Gasteiger partial charge in [-0.25, -0.2) is 4.98 Å². The molecule has 0 spiro atoms. The number of methoxy groups -OCH3 is 1. The van der Waals surface area contributed by atoms with Crippen LogP contribution in [0.5, 0.6) is 0 Å². The van der Waals surface area contributed by atoms with Gasteiger partial charge in [0.2, 0.25) is 0 Å². The molecule has 0 saturated heterocycles. The Morgan fingerprint density at radius 3 is 2.56 bits per heavy atom. The molecule has 0 aliphatic heterocycles. The van der Waals surface area contributed by atoms with Crippen LogP contribution >= 0.6 is 11.3 Å². The summed E-state index contributed by atoms with van der Waals surface area (Å²) in [5.74, 6) is 0. The first kappa shape index (κ1) is 15.4. The zero-order valence-electron chi connectivity index (χ0n) is 12.3. The molecule has 1 N–H and O–H groups in total. The first-order chi connectivity index (χ1) is 8.37.